The van der Waals surface area contributed by atoms with Crippen LogP contribution in [0, 0.1) is 5.92 Å². The second-order valence-corrected chi connectivity index (χ2v) is 16.3. The fourth-order valence-corrected chi connectivity index (χ4v) is 10.2. The summed E-state index contributed by atoms with van der Waals surface area (Å²) in [6.45, 7) is 16.8. The van der Waals surface area contributed by atoms with E-state index in [1.165, 1.54) is 54.4 Å². The van der Waals surface area contributed by atoms with Gasteiger partial charge in [0, 0.05) is 11.6 Å². The molecule has 2 aliphatic carbocycles. The Labute approximate surface area is 243 Å². The third-order valence-corrected chi connectivity index (χ3v) is 11.4. The molecule has 0 aromatic heterocycles. The standard InChI is InChI=1S/C30H43NSi.2ClH.Ti/c1-21-20-28-26(24-16-18-25(19-17-24)30(3,4)5)14-11-15-27(28)29(21)32(6,7)31-22(2)23-12-9-8-10-13-23;;;/h11,14-20,22-23,29,31H,8-10,12-13H2,1-7H3;2*1H;/q;;;+2/p-2. The second-order valence-electron chi connectivity index (χ2n) is 12.0. The van der Waals surface area contributed by atoms with Crippen LogP contribution < -0.4 is 29.8 Å². The molecule has 1 N–H and O–H groups in total. The van der Waals surface area contributed by atoms with Crippen molar-refractivity contribution in [3.63, 3.8) is 0 Å². The van der Waals surface area contributed by atoms with Gasteiger partial charge in [0.2, 0.25) is 0 Å². The van der Waals surface area contributed by atoms with Crippen molar-refractivity contribution in [1.82, 2.24) is 4.98 Å². The second kappa shape index (κ2) is 12.9. The molecule has 2 atom stereocenters. The van der Waals surface area contributed by atoms with Crippen LogP contribution in [0.3, 0.4) is 0 Å². The Morgan fingerprint density at radius 1 is 0.914 bits per heavy atom. The zero-order chi connectivity index (χ0) is 23.1. The predicted octanol–water partition coefficient (Wildman–Crippen LogP) is 2.46. The fraction of sp³-hybridized carbons (Fsp3) is 0.533. The van der Waals surface area contributed by atoms with Crippen molar-refractivity contribution in [3.05, 3.63) is 64.7 Å². The van der Waals surface area contributed by atoms with Gasteiger partial charge >= 0.3 is 21.7 Å². The van der Waals surface area contributed by atoms with Crippen LogP contribution in [0.2, 0.25) is 13.1 Å². The van der Waals surface area contributed by atoms with Gasteiger partial charge in [0.05, 0.1) is 0 Å². The van der Waals surface area contributed by atoms with Crippen molar-refractivity contribution in [2.75, 3.05) is 0 Å². The Balaban J connectivity index is 0.00000204. The summed E-state index contributed by atoms with van der Waals surface area (Å²) in [5, 5.41) is 0. The number of hydrogen-bond donors (Lipinski definition) is 1. The Morgan fingerprint density at radius 2 is 1.51 bits per heavy atom. The Bertz CT molecular complexity index is 988. The zero-order valence-electron chi connectivity index (χ0n) is 22.6. The molecule has 0 amide bonds. The molecule has 2 aromatic rings. The van der Waals surface area contributed by atoms with E-state index < -0.39 is 8.24 Å². The molecule has 2 aliphatic rings. The van der Waals surface area contributed by atoms with Crippen molar-refractivity contribution >= 4 is 14.3 Å². The summed E-state index contributed by atoms with van der Waals surface area (Å²) in [5.41, 5.74) is 9.39. The molecule has 0 bridgehead atoms. The molecule has 0 saturated heterocycles. The van der Waals surface area contributed by atoms with E-state index in [0.29, 0.717) is 11.6 Å². The van der Waals surface area contributed by atoms with Gasteiger partial charge in [0.1, 0.15) is 8.24 Å². The van der Waals surface area contributed by atoms with Crippen molar-refractivity contribution in [2.24, 2.45) is 5.92 Å². The number of halogens is 2. The third kappa shape index (κ3) is 7.15. The maximum absolute atomic E-state index is 4.22. The van der Waals surface area contributed by atoms with Crippen LogP contribution in [0.5, 0.6) is 0 Å². The van der Waals surface area contributed by atoms with E-state index in [1.807, 2.05) is 0 Å². The van der Waals surface area contributed by atoms with E-state index in [4.69, 9.17) is 0 Å². The Kier molecular flexibility index (Phi) is 12.1. The maximum atomic E-state index is 4.22. The molecule has 1 nitrogen and oxygen atoms in total. The summed E-state index contributed by atoms with van der Waals surface area (Å²) in [6.07, 6.45) is 9.56. The first kappa shape index (κ1) is 32.7. The third-order valence-electron chi connectivity index (χ3n) is 8.02. The smallest absolute Gasteiger partial charge is 1.00 e. The molecule has 0 radical (unpaired) electrons. The minimum atomic E-state index is -1.71. The number of allylic oxidation sites excluding steroid dienone is 1. The summed E-state index contributed by atoms with van der Waals surface area (Å²) in [7, 11) is -1.71. The van der Waals surface area contributed by atoms with E-state index in [9.17, 15) is 0 Å². The fourth-order valence-electron chi connectivity index (χ4n) is 6.33. The predicted molar refractivity (Wildman–Crippen MR) is 144 cm³/mol. The molecule has 5 heteroatoms. The molecule has 1 saturated carbocycles. The monoisotopic (exact) mass is 563 g/mol. The van der Waals surface area contributed by atoms with Crippen LogP contribution in [-0.4, -0.2) is 14.3 Å². The molecule has 0 heterocycles. The normalized spacial score (nSPS) is 18.9. The SMILES string of the molecule is CC1=Cc2c(-c3ccc(C(C)(C)C)cc3)cccc2C1[Si](C)(C)NC(C)C1CCCCC1.[Cl-].[Cl-].[Ti+2]. The molecule has 4 rings (SSSR count). The largest absolute Gasteiger partial charge is 2.00 e. The first-order valence-corrected chi connectivity index (χ1v) is 15.9. The molecule has 190 valence electrons. The van der Waals surface area contributed by atoms with Gasteiger partial charge in [-0.2, -0.15) is 0 Å². The van der Waals surface area contributed by atoms with E-state index in [0.717, 1.165) is 5.92 Å². The van der Waals surface area contributed by atoms with Gasteiger partial charge in [-0.25, -0.2) is 0 Å². The number of benzene rings is 2. The van der Waals surface area contributed by atoms with Crippen LogP contribution in [0.4, 0.5) is 0 Å². The van der Waals surface area contributed by atoms with Crippen LogP contribution in [0.1, 0.15) is 89.0 Å². The molecule has 2 unspecified atom stereocenters. The van der Waals surface area contributed by atoms with Crippen molar-refractivity contribution in [2.45, 2.75) is 96.8 Å². The molecule has 0 spiro atoms. The minimum absolute atomic E-state index is 0. The average Bonchev–Trinajstić information content (AvgIpc) is 3.10. The number of hydrogen-bond acceptors (Lipinski definition) is 1. The van der Waals surface area contributed by atoms with Gasteiger partial charge in [-0.1, -0.05) is 114 Å². The van der Waals surface area contributed by atoms with Gasteiger partial charge < -0.3 is 29.8 Å². The number of rotatable bonds is 5. The van der Waals surface area contributed by atoms with Crippen LogP contribution in [-0.2, 0) is 27.1 Å². The number of fused-ring (bicyclic) bond motifs is 1. The van der Waals surface area contributed by atoms with Crippen molar-refractivity contribution in [1.29, 1.82) is 0 Å². The molecule has 0 aliphatic heterocycles. The summed E-state index contributed by atoms with van der Waals surface area (Å²) >= 11 is 0. The molecular weight excluding hydrogens is 521 g/mol. The van der Waals surface area contributed by atoms with E-state index >= 15 is 0 Å². The van der Waals surface area contributed by atoms with Crippen LogP contribution in [0.15, 0.2) is 48.0 Å². The topological polar surface area (TPSA) is 12.0 Å². The Morgan fingerprint density at radius 3 is 2.09 bits per heavy atom. The van der Waals surface area contributed by atoms with Gasteiger partial charge in [0.15, 0.2) is 0 Å². The molecular formula is C30H43Cl2NSiTi. The van der Waals surface area contributed by atoms with Gasteiger partial charge in [0.25, 0.3) is 0 Å². The Hall–Kier alpha value is -0.349. The minimum Gasteiger partial charge on any atom is -1.00 e. The van der Waals surface area contributed by atoms with Gasteiger partial charge in [-0.3, -0.25) is 0 Å². The van der Waals surface area contributed by atoms with E-state index in [-0.39, 0.29) is 51.9 Å². The summed E-state index contributed by atoms with van der Waals surface area (Å²) < 4.78 is 0. The zero-order valence-corrected chi connectivity index (χ0v) is 26.7. The summed E-state index contributed by atoms with van der Waals surface area (Å²) in [5.74, 6) is 0.855. The quantitative estimate of drug-likeness (QED) is 0.551. The van der Waals surface area contributed by atoms with Crippen molar-refractivity contribution < 1.29 is 46.5 Å². The molecule has 1 fully saturated rings. The number of nitrogens with one attached hydrogen (secondary N) is 1. The first-order chi connectivity index (χ1) is 15.1. The van der Waals surface area contributed by atoms with E-state index in [1.54, 1.807) is 11.1 Å². The summed E-state index contributed by atoms with van der Waals surface area (Å²) in [6, 6.07) is 16.9. The van der Waals surface area contributed by atoms with Gasteiger partial charge in [-0.15, -0.1) is 0 Å². The average molecular weight is 565 g/mol. The summed E-state index contributed by atoms with van der Waals surface area (Å²) in [4.78, 5) is 4.22. The van der Waals surface area contributed by atoms with Crippen molar-refractivity contribution in [3.8, 4) is 11.1 Å². The maximum Gasteiger partial charge on any atom is 2.00 e. The van der Waals surface area contributed by atoms with E-state index in [2.05, 4.69) is 101 Å². The van der Waals surface area contributed by atoms with Crippen LogP contribution in [0.25, 0.3) is 17.2 Å². The van der Waals surface area contributed by atoms with Crippen LogP contribution >= 0.6 is 0 Å². The van der Waals surface area contributed by atoms with Gasteiger partial charge in [-0.05, 0) is 58.9 Å². The first-order valence-electron chi connectivity index (χ1n) is 12.8. The molecule has 35 heavy (non-hydrogen) atoms. The molecule has 2 aromatic carbocycles.